The monoisotopic (exact) mass is 370 g/mol. The van der Waals surface area contributed by atoms with Gasteiger partial charge >= 0.3 is 6.18 Å². The molecule has 24 heavy (non-hydrogen) atoms. The number of nitrogens with two attached hydrogens (primary N) is 1. The highest BCUT2D eigenvalue weighted by Crippen LogP contribution is 2.32. The van der Waals surface area contributed by atoms with E-state index in [2.05, 4.69) is 5.32 Å². The molecule has 0 radical (unpaired) electrons. The van der Waals surface area contributed by atoms with Crippen molar-refractivity contribution in [1.82, 2.24) is 0 Å². The minimum atomic E-state index is -4.51. The van der Waals surface area contributed by atoms with Crippen molar-refractivity contribution in [2.75, 3.05) is 25.1 Å². The molecule has 1 aromatic carbocycles. The summed E-state index contributed by atoms with van der Waals surface area (Å²) in [6.07, 6.45) is -5.32. The van der Waals surface area contributed by atoms with Gasteiger partial charge in [0.05, 0.1) is 18.8 Å². The first kappa shape index (κ1) is 22.6. The van der Waals surface area contributed by atoms with E-state index in [4.69, 9.17) is 15.2 Å². The van der Waals surface area contributed by atoms with Gasteiger partial charge in [0, 0.05) is 18.8 Å². The summed E-state index contributed by atoms with van der Waals surface area (Å²) in [5.74, 6) is -0.538. The van der Waals surface area contributed by atoms with Crippen molar-refractivity contribution in [3.63, 3.8) is 0 Å². The number of anilines is 1. The molecule has 3 N–H and O–H groups in total. The van der Waals surface area contributed by atoms with Crippen LogP contribution in [-0.4, -0.2) is 31.8 Å². The molecule has 0 fully saturated rings. The second-order valence-corrected chi connectivity index (χ2v) is 4.82. The fraction of sp³-hybridized carbons (Fsp3) is 0.533. The molecule has 1 amide bonds. The molecular weight excluding hydrogens is 349 g/mol. The van der Waals surface area contributed by atoms with Gasteiger partial charge in [-0.05, 0) is 37.6 Å². The molecule has 1 atom stereocenters. The minimum absolute atomic E-state index is 0. The quantitative estimate of drug-likeness (QED) is 0.690. The number of halogens is 4. The van der Waals surface area contributed by atoms with Crippen LogP contribution in [-0.2, 0) is 27.0 Å². The van der Waals surface area contributed by atoms with E-state index < -0.39 is 23.8 Å². The number of alkyl halides is 3. The molecule has 5 nitrogen and oxygen atoms in total. The fourth-order valence-corrected chi connectivity index (χ4v) is 1.79. The van der Waals surface area contributed by atoms with Gasteiger partial charge in [-0.1, -0.05) is 0 Å². The lowest BCUT2D eigenvalue weighted by Crippen LogP contribution is -2.29. The lowest BCUT2D eigenvalue weighted by atomic mass is 10.1. The predicted octanol–water partition coefficient (Wildman–Crippen LogP) is 2.97. The minimum Gasteiger partial charge on any atom is -0.379 e. The molecule has 0 aromatic heterocycles. The van der Waals surface area contributed by atoms with Crippen LogP contribution < -0.4 is 11.1 Å². The van der Waals surface area contributed by atoms with E-state index >= 15 is 0 Å². The van der Waals surface area contributed by atoms with Crippen LogP contribution in [0.5, 0.6) is 0 Å². The maximum absolute atomic E-state index is 12.8. The van der Waals surface area contributed by atoms with E-state index in [1.807, 2.05) is 6.92 Å². The fourth-order valence-electron chi connectivity index (χ4n) is 1.79. The van der Waals surface area contributed by atoms with Crippen LogP contribution >= 0.6 is 12.4 Å². The zero-order valence-corrected chi connectivity index (χ0v) is 14.3. The van der Waals surface area contributed by atoms with Gasteiger partial charge in [-0.15, -0.1) is 12.4 Å². The lowest BCUT2D eigenvalue weighted by Gasteiger charge is -2.15. The largest absolute Gasteiger partial charge is 0.416 e. The maximum Gasteiger partial charge on any atom is 0.416 e. The van der Waals surface area contributed by atoms with Crippen molar-refractivity contribution in [2.45, 2.75) is 32.7 Å². The van der Waals surface area contributed by atoms with Crippen LogP contribution in [0.2, 0.25) is 0 Å². The highest BCUT2D eigenvalue weighted by atomic mass is 35.5. The predicted molar refractivity (Wildman–Crippen MR) is 87.1 cm³/mol. The molecular formula is C15H22ClF3N2O3. The van der Waals surface area contributed by atoms with Gasteiger partial charge in [0.1, 0.15) is 6.10 Å². The Morgan fingerprint density at radius 2 is 1.96 bits per heavy atom. The van der Waals surface area contributed by atoms with Crippen LogP contribution in [0.3, 0.4) is 0 Å². The highest BCUT2D eigenvalue weighted by Gasteiger charge is 2.31. The summed E-state index contributed by atoms with van der Waals surface area (Å²) in [5, 5.41) is 2.41. The van der Waals surface area contributed by atoms with Crippen LogP contribution in [0, 0.1) is 0 Å². The van der Waals surface area contributed by atoms with Crippen molar-refractivity contribution < 1.29 is 27.4 Å². The van der Waals surface area contributed by atoms with Crippen LogP contribution in [0.15, 0.2) is 18.2 Å². The summed E-state index contributed by atoms with van der Waals surface area (Å²) in [7, 11) is 0. The zero-order chi connectivity index (χ0) is 17.5. The van der Waals surface area contributed by atoms with E-state index in [1.165, 1.54) is 13.0 Å². The molecule has 1 unspecified atom stereocenters. The Morgan fingerprint density at radius 3 is 2.50 bits per heavy atom. The molecule has 9 heteroatoms. The first-order chi connectivity index (χ1) is 10.8. The van der Waals surface area contributed by atoms with Gasteiger partial charge in [0.25, 0.3) is 5.91 Å². The third-order valence-electron chi connectivity index (χ3n) is 2.99. The summed E-state index contributed by atoms with van der Waals surface area (Å²) in [4.78, 5) is 11.9. The first-order valence-electron chi connectivity index (χ1n) is 7.19. The third kappa shape index (κ3) is 7.48. The number of nitrogens with one attached hydrogen (secondary N) is 1. The smallest absolute Gasteiger partial charge is 0.379 e. The number of rotatable bonds is 8. The van der Waals surface area contributed by atoms with Gasteiger partial charge in [0.15, 0.2) is 0 Å². The van der Waals surface area contributed by atoms with Crippen LogP contribution in [0.25, 0.3) is 0 Å². The number of carbonyl (C=O) groups excluding carboxylic acids is 1. The average molecular weight is 371 g/mol. The SMILES string of the molecule is CCOCCOC(C)C(=O)Nc1cc(CN)cc(C(F)(F)F)c1.Cl. The number of ether oxygens (including phenoxy) is 2. The third-order valence-corrected chi connectivity index (χ3v) is 2.99. The number of amides is 1. The normalized spacial score (nSPS) is 12.4. The standard InChI is InChI=1S/C15H21F3N2O3.ClH/c1-3-22-4-5-23-10(2)14(21)20-13-7-11(9-19)6-12(8-13)15(16,17)18;/h6-8,10H,3-5,9,19H2,1-2H3,(H,20,21);1H. The van der Waals surface area contributed by atoms with Crippen LogP contribution in [0.4, 0.5) is 18.9 Å². The van der Waals surface area contributed by atoms with Crippen molar-refractivity contribution in [2.24, 2.45) is 5.73 Å². The Bertz CT molecular complexity index is 527. The molecule has 0 aliphatic heterocycles. The van der Waals surface area contributed by atoms with E-state index in [0.29, 0.717) is 13.2 Å². The molecule has 0 bridgehead atoms. The number of hydrogen-bond donors (Lipinski definition) is 2. The van der Waals surface area contributed by atoms with Gasteiger partial charge < -0.3 is 20.5 Å². The number of carbonyl (C=O) groups is 1. The molecule has 0 spiro atoms. The summed E-state index contributed by atoms with van der Waals surface area (Å²) < 4.78 is 48.8. The topological polar surface area (TPSA) is 73.6 Å². The van der Waals surface area contributed by atoms with Crippen molar-refractivity contribution in [1.29, 1.82) is 0 Å². The van der Waals surface area contributed by atoms with E-state index in [9.17, 15) is 18.0 Å². The average Bonchev–Trinajstić information content (AvgIpc) is 2.50. The molecule has 0 saturated heterocycles. The molecule has 0 aliphatic rings. The molecule has 0 saturated carbocycles. The highest BCUT2D eigenvalue weighted by molar-refractivity contribution is 5.94. The molecule has 0 aliphatic carbocycles. The Balaban J connectivity index is 0.00000529. The molecule has 1 aromatic rings. The van der Waals surface area contributed by atoms with Gasteiger partial charge in [0.2, 0.25) is 0 Å². The van der Waals surface area contributed by atoms with Gasteiger partial charge in [-0.25, -0.2) is 0 Å². The van der Waals surface area contributed by atoms with Crippen molar-refractivity contribution >= 4 is 24.0 Å². The molecule has 1 rings (SSSR count). The maximum atomic E-state index is 12.8. The first-order valence-corrected chi connectivity index (χ1v) is 7.19. The number of hydrogen-bond acceptors (Lipinski definition) is 4. The Kier molecular flexibility index (Phi) is 9.91. The van der Waals surface area contributed by atoms with Crippen molar-refractivity contribution in [3.8, 4) is 0 Å². The second-order valence-electron chi connectivity index (χ2n) is 4.82. The zero-order valence-electron chi connectivity index (χ0n) is 13.5. The van der Waals surface area contributed by atoms with E-state index in [1.54, 1.807) is 0 Å². The summed E-state index contributed by atoms with van der Waals surface area (Å²) in [6.45, 7) is 4.38. The number of benzene rings is 1. The van der Waals surface area contributed by atoms with Crippen molar-refractivity contribution in [3.05, 3.63) is 29.3 Å². The molecule has 138 valence electrons. The summed E-state index contributed by atoms with van der Waals surface area (Å²) in [5.41, 5.74) is 4.85. The lowest BCUT2D eigenvalue weighted by molar-refractivity contribution is -0.137. The Labute approximate surface area is 145 Å². The van der Waals surface area contributed by atoms with Gasteiger partial charge in [-0.3, -0.25) is 4.79 Å². The Hall–Kier alpha value is -1.35. The van der Waals surface area contributed by atoms with Gasteiger partial charge in [-0.2, -0.15) is 13.2 Å². The van der Waals surface area contributed by atoms with Crippen LogP contribution in [0.1, 0.15) is 25.0 Å². The second kappa shape index (κ2) is 10.5. The summed E-state index contributed by atoms with van der Waals surface area (Å²) >= 11 is 0. The summed E-state index contributed by atoms with van der Waals surface area (Å²) in [6, 6.07) is 3.22. The van der Waals surface area contributed by atoms with E-state index in [0.717, 1.165) is 12.1 Å². The molecule has 0 heterocycles. The Morgan fingerprint density at radius 1 is 1.29 bits per heavy atom. The van der Waals surface area contributed by atoms with E-state index in [-0.39, 0.29) is 36.8 Å².